The molecule has 0 N–H and O–H groups in total. The van der Waals surface area contributed by atoms with Crippen molar-refractivity contribution in [3.63, 3.8) is 0 Å². The fraction of sp³-hybridized carbons (Fsp3) is 0.467. The van der Waals surface area contributed by atoms with Gasteiger partial charge in [-0.1, -0.05) is 29.8 Å². The van der Waals surface area contributed by atoms with Crippen molar-refractivity contribution in [2.45, 2.75) is 26.5 Å². The van der Waals surface area contributed by atoms with Crippen molar-refractivity contribution in [3.05, 3.63) is 34.9 Å². The molecule has 1 aromatic carbocycles. The number of Topliss-reactive ketones (excluding diaryl/α,β-unsaturated/α-hetero) is 1. The summed E-state index contributed by atoms with van der Waals surface area (Å²) in [6.45, 7) is 5.21. The summed E-state index contributed by atoms with van der Waals surface area (Å²) >= 11 is 7.50. The number of rotatable bonds is 7. The lowest BCUT2D eigenvalue weighted by Crippen LogP contribution is -2.36. The molecular weight excluding hydrogens is 296 g/mol. The first-order valence-corrected chi connectivity index (χ1v) is 7.94. The zero-order chi connectivity index (χ0) is 15.2. The number of benzene rings is 1. The number of hydrogen-bond acceptors (Lipinski definition) is 4. The van der Waals surface area contributed by atoms with Crippen LogP contribution in [0.2, 0.25) is 5.02 Å². The van der Waals surface area contributed by atoms with Gasteiger partial charge in [-0.15, -0.1) is 11.8 Å². The molecule has 0 aliphatic heterocycles. The Labute approximate surface area is 129 Å². The van der Waals surface area contributed by atoms with E-state index < -0.39 is 11.4 Å². The zero-order valence-electron chi connectivity index (χ0n) is 11.9. The predicted molar refractivity (Wildman–Crippen MR) is 83.0 cm³/mol. The standard InChI is InChI=1S/C15H19ClO3S/c1-4-19-14(18)15(2,3)13(17)10-20-9-11-7-5-6-8-12(11)16/h5-8H,4,9-10H2,1-3H3. The van der Waals surface area contributed by atoms with Crippen molar-refractivity contribution in [3.8, 4) is 0 Å². The molecule has 20 heavy (non-hydrogen) atoms. The minimum Gasteiger partial charge on any atom is -0.465 e. The Balaban J connectivity index is 2.51. The third-order valence-corrected chi connectivity index (χ3v) is 4.28. The van der Waals surface area contributed by atoms with Crippen LogP contribution in [-0.4, -0.2) is 24.1 Å². The molecule has 0 unspecified atom stereocenters. The Morgan fingerprint density at radius 2 is 1.95 bits per heavy atom. The number of hydrogen-bond donors (Lipinski definition) is 0. The van der Waals surface area contributed by atoms with Crippen LogP contribution in [0.5, 0.6) is 0 Å². The minimum atomic E-state index is -1.09. The molecule has 0 fully saturated rings. The molecule has 0 spiro atoms. The van der Waals surface area contributed by atoms with Crippen molar-refractivity contribution in [1.82, 2.24) is 0 Å². The first-order chi connectivity index (χ1) is 9.39. The molecule has 0 amide bonds. The third kappa shape index (κ3) is 4.53. The van der Waals surface area contributed by atoms with Gasteiger partial charge >= 0.3 is 5.97 Å². The van der Waals surface area contributed by atoms with Crippen molar-refractivity contribution >= 4 is 35.1 Å². The van der Waals surface area contributed by atoms with E-state index in [0.717, 1.165) is 5.56 Å². The topological polar surface area (TPSA) is 43.4 Å². The zero-order valence-corrected chi connectivity index (χ0v) is 13.5. The molecule has 0 saturated carbocycles. The van der Waals surface area contributed by atoms with E-state index in [1.54, 1.807) is 20.8 Å². The number of halogens is 1. The van der Waals surface area contributed by atoms with Gasteiger partial charge in [0.2, 0.25) is 0 Å². The van der Waals surface area contributed by atoms with Gasteiger partial charge in [0.25, 0.3) is 0 Å². The van der Waals surface area contributed by atoms with Crippen LogP contribution in [0.4, 0.5) is 0 Å². The van der Waals surface area contributed by atoms with Gasteiger partial charge in [0, 0.05) is 10.8 Å². The van der Waals surface area contributed by atoms with Gasteiger partial charge in [0.05, 0.1) is 12.4 Å². The van der Waals surface area contributed by atoms with Crippen LogP contribution in [-0.2, 0) is 20.1 Å². The number of ketones is 1. The highest BCUT2D eigenvalue weighted by Crippen LogP contribution is 2.25. The second kappa shape index (κ2) is 7.70. The van der Waals surface area contributed by atoms with Crippen LogP contribution in [0.25, 0.3) is 0 Å². The quantitative estimate of drug-likeness (QED) is 0.568. The average Bonchev–Trinajstić information content (AvgIpc) is 2.41. The Kier molecular flexibility index (Phi) is 6.56. The van der Waals surface area contributed by atoms with E-state index in [-0.39, 0.29) is 18.1 Å². The first kappa shape index (κ1) is 17.1. The fourth-order valence-corrected chi connectivity index (χ4v) is 2.88. The van der Waals surface area contributed by atoms with Crippen molar-refractivity contribution in [2.24, 2.45) is 5.41 Å². The Bertz CT molecular complexity index is 486. The lowest BCUT2D eigenvalue weighted by Gasteiger charge is -2.20. The smallest absolute Gasteiger partial charge is 0.319 e. The largest absolute Gasteiger partial charge is 0.465 e. The molecule has 0 bridgehead atoms. The van der Waals surface area contributed by atoms with Crippen molar-refractivity contribution < 1.29 is 14.3 Å². The second-order valence-electron chi connectivity index (χ2n) is 4.85. The van der Waals surface area contributed by atoms with Gasteiger partial charge in [0.15, 0.2) is 5.78 Å². The van der Waals surface area contributed by atoms with Crippen LogP contribution in [0.1, 0.15) is 26.3 Å². The maximum absolute atomic E-state index is 12.1. The van der Waals surface area contributed by atoms with Gasteiger partial charge in [-0.2, -0.15) is 0 Å². The van der Waals surface area contributed by atoms with E-state index in [1.807, 2.05) is 24.3 Å². The highest BCUT2D eigenvalue weighted by Gasteiger charge is 2.36. The highest BCUT2D eigenvalue weighted by molar-refractivity contribution is 7.99. The minimum absolute atomic E-state index is 0.131. The molecule has 5 heteroatoms. The van der Waals surface area contributed by atoms with Crippen LogP contribution in [0.15, 0.2) is 24.3 Å². The van der Waals surface area contributed by atoms with Gasteiger partial charge < -0.3 is 4.74 Å². The molecule has 110 valence electrons. The summed E-state index contributed by atoms with van der Waals surface area (Å²) < 4.78 is 4.92. The summed E-state index contributed by atoms with van der Waals surface area (Å²) in [7, 11) is 0. The van der Waals surface area contributed by atoms with E-state index in [9.17, 15) is 9.59 Å². The lowest BCUT2D eigenvalue weighted by atomic mass is 9.89. The summed E-state index contributed by atoms with van der Waals surface area (Å²) in [5, 5.41) is 0.692. The fourth-order valence-electron chi connectivity index (χ4n) is 1.47. The van der Waals surface area contributed by atoms with Crippen molar-refractivity contribution in [1.29, 1.82) is 0 Å². The van der Waals surface area contributed by atoms with E-state index in [0.29, 0.717) is 10.8 Å². The monoisotopic (exact) mass is 314 g/mol. The summed E-state index contributed by atoms with van der Waals surface area (Å²) in [5.74, 6) is 0.304. The second-order valence-corrected chi connectivity index (χ2v) is 6.25. The summed E-state index contributed by atoms with van der Waals surface area (Å²) in [4.78, 5) is 23.8. The maximum Gasteiger partial charge on any atom is 0.319 e. The first-order valence-electron chi connectivity index (χ1n) is 6.41. The molecular formula is C15H19ClO3S. The Morgan fingerprint density at radius 3 is 2.55 bits per heavy atom. The normalized spacial score (nSPS) is 11.2. The van der Waals surface area contributed by atoms with Crippen LogP contribution in [0, 0.1) is 5.41 Å². The van der Waals surface area contributed by atoms with E-state index in [4.69, 9.17) is 16.3 Å². The van der Waals surface area contributed by atoms with Gasteiger partial charge in [-0.3, -0.25) is 9.59 Å². The van der Waals surface area contributed by atoms with Crippen LogP contribution >= 0.6 is 23.4 Å². The number of thioether (sulfide) groups is 1. The number of esters is 1. The van der Waals surface area contributed by atoms with E-state index >= 15 is 0 Å². The lowest BCUT2D eigenvalue weighted by molar-refractivity contribution is -0.157. The maximum atomic E-state index is 12.1. The molecule has 0 radical (unpaired) electrons. The highest BCUT2D eigenvalue weighted by atomic mass is 35.5. The Morgan fingerprint density at radius 1 is 1.30 bits per heavy atom. The Hall–Kier alpha value is -1.00. The summed E-state index contributed by atoms with van der Waals surface area (Å²) in [6.07, 6.45) is 0. The van der Waals surface area contributed by atoms with Gasteiger partial charge in [0.1, 0.15) is 5.41 Å². The SMILES string of the molecule is CCOC(=O)C(C)(C)C(=O)CSCc1ccccc1Cl. The molecule has 1 aromatic rings. The van der Waals surface area contributed by atoms with E-state index in [1.165, 1.54) is 11.8 Å². The summed E-state index contributed by atoms with van der Waals surface area (Å²) in [6, 6.07) is 7.52. The molecule has 1 rings (SSSR count). The van der Waals surface area contributed by atoms with Crippen LogP contribution in [0.3, 0.4) is 0 Å². The molecule has 0 atom stereocenters. The molecule has 0 aliphatic rings. The predicted octanol–water partition coefficient (Wildman–Crippen LogP) is 3.73. The van der Waals surface area contributed by atoms with Crippen LogP contribution < -0.4 is 0 Å². The number of carbonyl (C=O) groups excluding carboxylic acids is 2. The van der Waals surface area contributed by atoms with Gasteiger partial charge in [-0.25, -0.2) is 0 Å². The van der Waals surface area contributed by atoms with Gasteiger partial charge in [-0.05, 0) is 32.4 Å². The summed E-state index contributed by atoms with van der Waals surface area (Å²) in [5.41, 5.74) is -0.107. The van der Waals surface area contributed by atoms with Crippen molar-refractivity contribution in [2.75, 3.05) is 12.4 Å². The molecule has 0 aliphatic carbocycles. The third-order valence-electron chi connectivity index (χ3n) is 2.93. The molecule has 0 aromatic heterocycles. The average molecular weight is 315 g/mol. The number of ether oxygens (including phenoxy) is 1. The molecule has 3 nitrogen and oxygen atoms in total. The molecule has 0 saturated heterocycles. The van der Waals surface area contributed by atoms with E-state index in [2.05, 4.69) is 0 Å². The number of carbonyl (C=O) groups is 2. The molecule has 0 heterocycles.